The van der Waals surface area contributed by atoms with Crippen LogP contribution in [0.3, 0.4) is 0 Å². The van der Waals surface area contributed by atoms with Gasteiger partial charge in [-0.05, 0) is 93.0 Å². The number of hydrogen-bond donors (Lipinski definition) is 0. The van der Waals surface area contributed by atoms with E-state index in [0.29, 0.717) is 0 Å². The summed E-state index contributed by atoms with van der Waals surface area (Å²) < 4.78 is 4.95. The zero-order valence-electron chi connectivity index (χ0n) is 35.2. The van der Waals surface area contributed by atoms with Gasteiger partial charge in [0.1, 0.15) is 0 Å². The number of para-hydroxylation sites is 4. The number of rotatable bonds is 7. The van der Waals surface area contributed by atoms with Crippen molar-refractivity contribution in [1.29, 1.82) is 0 Å². The number of aromatic nitrogens is 2. The molecule has 3 nitrogen and oxygen atoms in total. The van der Waals surface area contributed by atoms with Crippen molar-refractivity contribution in [2.24, 2.45) is 0 Å². The van der Waals surface area contributed by atoms with Crippen molar-refractivity contribution >= 4 is 83.8 Å². The van der Waals surface area contributed by atoms with Crippen molar-refractivity contribution < 1.29 is 0 Å². The summed E-state index contributed by atoms with van der Waals surface area (Å²) in [5.74, 6) is 0.230. The van der Waals surface area contributed by atoms with Crippen LogP contribution in [-0.2, 0) is 0 Å². The smallest absolute Gasteiger partial charge is 0.179 e. The fourth-order valence-electron chi connectivity index (χ4n) is 11.4. The van der Waals surface area contributed by atoms with Crippen molar-refractivity contribution in [2.75, 3.05) is 4.90 Å². The third-order valence-electron chi connectivity index (χ3n) is 14.0. The molecule has 0 N–H and O–H groups in total. The summed E-state index contributed by atoms with van der Waals surface area (Å²) >= 11 is 0. The third kappa shape index (κ3) is 5.33. The Labute approximate surface area is 373 Å². The summed E-state index contributed by atoms with van der Waals surface area (Å²) in [4.78, 5) is 2.54. The molecule has 64 heavy (non-hydrogen) atoms. The van der Waals surface area contributed by atoms with Crippen LogP contribution in [0.5, 0.6) is 0 Å². The summed E-state index contributed by atoms with van der Waals surface area (Å²) in [6, 6.07) is 84.1. The first kappa shape index (κ1) is 36.7. The molecule has 11 aromatic rings. The molecule has 2 atom stereocenters. The monoisotopic (exact) mass is 833 g/mol. The molecule has 0 spiro atoms. The molecule has 0 fully saturated rings. The van der Waals surface area contributed by atoms with Gasteiger partial charge >= 0.3 is 0 Å². The molecule has 0 saturated heterocycles. The number of allylic oxidation sites excluding steroid dienone is 2. The van der Waals surface area contributed by atoms with Gasteiger partial charge in [-0.15, -0.1) is 0 Å². The van der Waals surface area contributed by atoms with Crippen LogP contribution >= 0.6 is 0 Å². The molecular formula is C60H43N3Si. The number of hydrogen-bond acceptors (Lipinski definition) is 1. The lowest BCUT2D eigenvalue weighted by Gasteiger charge is -2.35. The van der Waals surface area contributed by atoms with Gasteiger partial charge in [0, 0.05) is 50.2 Å². The van der Waals surface area contributed by atoms with Crippen molar-refractivity contribution in [3.8, 4) is 11.4 Å². The van der Waals surface area contributed by atoms with E-state index in [1.807, 2.05) is 0 Å². The molecule has 1 aliphatic carbocycles. The maximum atomic E-state index is 2.54. The Morgan fingerprint density at radius 1 is 0.344 bits per heavy atom. The molecule has 2 unspecified atom stereocenters. The Kier molecular flexibility index (Phi) is 8.37. The van der Waals surface area contributed by atoms with Crippen molar-refractivity contribution in [3.05, 3.63) is 254 Å². The van der Waals surface area contributed by atoms with Crippen LogP contribution < -0.4 is 25.6 Å². The van der Waals surface area contributed by atoms with E-state index in [1.54, 1.807) is 0 Å². The van der Waals surface area contributed by atoms with Crippen LogP contribution in [0, 0.1) is 0 Å². The predicted molar refractivity (Wildman–Crippen MR) is 272 cm³/mol. The second-order valence-corrected chi connectivity index (χ2v) is 21.0. The predicted octanol–water partition coefficient (Wildman–Crippen LogP) is 12.0. The molecule has 2 aliphatic rings. The summed E-state index contributed by atoms with van der Waals surface area (Å²) in [6.45, 7) is 0. The SMILES string of the molecule is C1=CC2c3c(ccc4c3c3ccccc3n4-c3cccc([Si](c4ccccc4)(c4ccccc4)c4ccc5c(c4)c4ccccc4n5-c4ccccc4)c3)N(c3ccccc3)C2C=C1. The van der Waals surface area contributed by atoms with Crippen LogP contribution in [0.1, 0.15) is 11.5 Å². The van der Waals surface area contributed by atoms with Gasteiger partial charge in [0.25, 0.3) is 0 Å². The fraction of sp³-hybridized carbons (Fsp3) is 0.0333. The zero-order valence-corrected chi connectivity index (χ0v) is 36.2. The van der Waals surface area contributed by atoms with Gasteiger partial charge in [-0.3, -0.25) is 0 Å². The molecule has 4 heteroatoms. The molecule has 13 rings (SSSR count). The van der Waals surface area contributed by atoms with Crippen molar-refractivity contribution in [3.63, 3.8) is 0 Å². The van der Waals surface area contributed by atoms with Crippen LogP contribution in [-0.4, -0.2) is 23.2 Å². The molecule has 302 valence electrons. The number of anilines is 2. The summed E-state index contributed by atoms with van der Waals surface area (Å²) in [5.41, 5.74) is 11.1. The highest BCUT2D eigenvalue weighted by Gasteiger charge is 2.43. The maximum Gasteiger partial charge on any atom is 0.179 e. The van der Waals surface area contributed by atoms with Crippen molar-refractivity contribution in [2.45, 2.75) is 12.0 Å². The summed E-state index contributed by atoms with van der Waals surface area (Å²) in [6.07, 6.45) is 9.23. The Morgan fingerprint density at radius 2 is 0.859 bits per heavy atom. The Bertz CT molecular complexity index is 3580. The molecular weight excluding hydrogens is 791 g/mol. The van der Waals surface area contributed by atoms with Crippen LogP contribution in [0.25, 0.3) is 55.0 Å². The molecule has 1 aliphatic heterocycles. The third-order valence-corrected chi connectivity index (χ3v) is 18.7. The van der Waals surface area contributed by atoms with E-state index in [4.69, 9.17) is 0 Å². The summed E-state index contributed by atoms with van der Waals surface area (Å²) in [7, 11) is -2.99. The van der Waals surface area contributed by atoms with Gasteiger partial charge in [0.15, 0.2) is 8.07 Å². The van der Waals surface area contributed by atoms with Gasteiger partial charge in [-0.1, -0.05) is 182 Å². The molecule has 2 aromatic heterocycles. The fourth-order valence-corrected chi connectivity index (χ4v) is 16.2. The number of fused-ring (bicyclic) bond motifs is 10. The van der Waals surface area contributed by atoms with Gasteiger partial charge in [-0.25, -0.2) is 0 Å². The van der Waals surface area contributed by atoms with E-state index < -0.39 is 8.07 Å². The lowest BCUT2D eigenvalue weighted by atomic mass is 9.88. The average molecular weight is 834 g/mol. The van der Waals surface area contributed by atoms with Crippen LogP contribution in [0.4, 0.5) is 11.4 Å². The molecule has 0 radical (unpaired) electrons. The quantitative estimate of drug-likeness (QED) is 0.115. The van der Waals surface area contributed by atoms with E-state index in [9.17, 15) is 0 Å². The first-order valence-electron chi connectivity index (χ1n) is 22.4. The van der Waals surface area contributed by atoms with Crippen LogP contribution in [0.15, 0.2) is 249 Å². The minimum atomic E-state index is -2.99. The maximum absolute atomic E-state index is 2.99. The second kappa shape index (κ2) is 14.6. The highest BCUT2D eigenvalue weighted by molar-refractivity contribution is 7.20. The normalized spacial score (nSPS) is 15.7. The van der Waals surface area contributed by atoms with E-state index in [0.717, 1.165) is 0 Å². The largest absolute Gasteiger partial charge is 0.333 e. The Morgan fingerprint density at radius 3 is 1.58 bits per heavy atom. The van der Waals surface area contributed by atoms with Gasteiger partial charge in [0.05, 0.1) is 28.1 Å². The van der Waals surface area contributed by atoms with Gasteiger partial charge in [0.2, 0.25) is 0 Å². The Balaban J connectivity index is 1.08. The highest BCUT2D eigenvalue weighted by Crippen LogP contribution is 2.52. The standard InChI is InChI=1S/C60H43N3Si/c1-5-20-42(21-6-1)61-53-33-16-13-30-49(53)52-41-48(36-37-56(52)61)64(45-25-9-3-10-26-45,46-27-11-4-12-28-46)47-29-19-24-44(40-47)63-55-35-18-15-32-51(55)60-58(63)39-38-57-59(60)50-31-14-17-34-54(50)62(57)43-22-7-2-8-23-43/h1-41,50,54H. The van der Waals surface area contributed by atoms with E-state index in [2.05, 4.69) is 263 Å². The van der Waals surface area contributed by atoms with Gasteiger partial charge < -0.3 is 14.0 Å². The van der Waals surface area contributed by atoms with Crippen LogP contribution in [0.2, 0.25) is 0 Å². The highest BCUT2D eigenvalue weighted by atomic mass is 28.3. The molecule has 0 bridgehead atoms. The van der Waals surface area contributed by atoms with E-state index >= 15 is 0 Å². The second-order valence-electron chi connectivity index (χ2n) is 17.2. The average Bonchev–Trinajstić information content (AvgIpc) is 4.01. The molecule has 0 amide bonds. The molecule has 9 aromatic carbocycles. The minimum Gasteiger partial charge on any atom is -0.333 e. The summed E-state index contributed by atoms with van der Waals surface area (Å²) in [5, 5.41) is 10.6. The van der Waals surface area contributed by atoms with E-state index in [1.165, 1.54) is 92.7 Å². The number of nitrogens with zero attached hydrogens (tertiary/aromatic N) is 3. The number of benzene rings is 9. The molecule has 3 heterocycles. The first-order valence-corrected chi connectivity index (χ1v) is 24.4. The first-order chi connectivity index (χ1) is 31.8. The topological polar surface area (TPSA) is 13.1 Å². The van der Waals surface area contributed by atoms with Crippen molar-refractivity contribution in [1.82, 2.24) is 9.13 Å². The lowest BCUT2D eigenvalue weighted by Crippen LogP contribution is -2.74. The Hall–Kier alpha value is -7.92. The van der Waals surface area contributed by atoms with Gasteiger partial charge in [-0.2, -0.15) is 0 Å². The zero-order chi connectivity index (χ0) is 42.2. The minimum absolute atomic E-state index is 0.209. The van der Waals surface area contributed by atoms with E-state index in [-0.39, 0.29) is 12.0 Å². The lowest BCUT2D eigenvalue weighted by molar-refractivity contribution is 0.747. The molecule has 0 saturated carbocycles.